The summed E-state index contributed by atoms with van der Waals surface area (Å²) in [5.41, 5.74) is 3.97. The highest BCUT2D eigenvalue weighted by Gasteiger charge is 2.32. The minimum atomic E-state index is -4.50. The van der Waals surface area contributed by atoms with Crippen LogP contribution in [0.1, 0.15) is 21.5 Å². The fourth-order valence-electron chi connectivity index (χ4n) is 4.02. The van der Waals surface area contributed by atoms with Crippen LogP contribution < -0.4 is 9.86 Å². The maximum Gasteiger partial charge on any atom is 0.265 e. The van der Waals surface area contributed by atoms with Gasteiger partial charge in [0, 0.05) is 29.9 Å². The molecule has 1 heterocycles. The van der Waals surface area contributed by atoms with E-state index in [0.717, 1.165) is 34.7 Å². The van der Waals surface area contributed by atoms with Gasteiger partial charge in [-0.2, -0.15) is 4.58 Å². The summed E-state index contributed by atoms with van der Waals surface area (Å²) in [6, 6.07) is 19.6. The van der Waals surface area contributed by atoms with Crippen LogP contribution in [0.25, 0.3) is 0 Å². The molecule has 0 unspecified atom stereocenters. The van der Waals surface area contributed by atoms with E-state index in [1.54, 1.807) is 19.2 Å². The van der Waals surface area contributed by atoms with Gasteiger partial charge in [-0.25, -0.2) is 26.7 Å². The molecule has 3 aromatic rings. The SMILES string of the molecule is COCC[N+]1=C(c2ccccc2)Cc2cc(C(=O)NS(=O)(=O)c3ccccc3S(N)(=O)=O)ccc21. The van der Waals surface area contributed by atoms with Crippen molar-refractivity contribution in [3.8, 4) is 0 Å². The van der Waals surface area contributed by atoms with Crippen molar-refractivity contribution in [2.45, 2.75) is 16.2 Å². The number of nitrogens with one attached hydrogen (secondary N) is 1. The maximum atomic E-state index is 12.9. The van der Waals surface area contributed by atoms with Crippen molar-refractivity contribution in [1.82, 2.24) is 4.72 Å². The monoisotopic (exact) mass is 514 g/mol. The molecule has 0 atom stereocenters. The number of rotatable bonds is 8. The van der Waals surface area contributed by atoms with Gasteiger partial charge in [0.05, 0.1) is 6.42 Å². The third-order valence-corrected chi connectivity index (χ3v) is 8.10. The van der Waals surface area contributed by atoms with E-state index in [9.17, 15) is 21.6 Å². The summed E-state index contributed by atoms with van der Waals surface area (Å²) in [7, 11) is -7.20. The Balaban J connectivity index is 1.64. The predicted molar refractivity (Wildman–Crippen MR) is 130 cm³/mol. The minimum absolute atomic E-state index is 0.126. The average Bonchev–Trinajstić information content (AvgIpc) is 3.20. The zero-order valence-electron chi connectivity index (χ0n) is 18.8. The molecule has 0 radical (unpaired) electrons. The summed E-state index contributed by atoms with van der Waals surface area (Å²) in [6.07, 6.45) is 0.547. The van der Waals surface area contributed by atoms with Gasteiger partial charge in [-0.3, -0.25) is 4.79 Å². The first-order chi connectivity index (χ1) is 16.6. The molecule has 1 aliphatic heterocycles. The third-order valence-electron chi connectivity index (χ3n) is 5.61. The molecule has 3 aromatic carbocycles. The first-order valence-electron chi connectivity index (χ1n) is 10.6. The highest BCUT2D eigenvalue weighted by atomic mass is 32.2. The number of nitrogens with two attached hydrogens (primary N) is 1. The molecule has 9 nitrogen and oxygen atoms in total. The highest BCUT2D eigenvalue weighted by molar-refractivity contribution is 7.92. The minimum Gasteiger partial charge on any atom is -0.378 e. The van der Waals surface area contributed by atoms with Gasteiger partial charge >= 0.3 is 0 Å². The van der Waals surface area contributed by atoms with E-state index in [0.29, 0.717) is 19.6 Å². The molecule has 1 aliphatic rings. The molecule has 0 fully saturated rings. The van der Waals surface area contributed by atoms with Crippen molar-refractivity contribution in [1.29, 1.82) is 0 Å². The van der Waals surface area contributed by atoms with Crippen molar-refractivity contribution >= 4 is 37.4 Å². The zero-order valence-corrected chi connectivity index (χ0v) is 20.5. The average molecular weight is 515 g/mol. The van der Waals surface area contributed by atoms with Crippen LogP contribution >= 0.6 is 0 Å². The van der Waals surface area contributed by atoms with Gasteiger partial charge in [0.15, 0.2) is 12.3 Å². The molecule has 1 amide bonds. The first-order valence-corrected chi connectivity index (χ1v) is 13.6. The second-order valence-corrected chi connectivity index (χ2v) is 11.1. The fraction of sp³-hybridized carbons (Fsp3) is 0.167. The number of benzene rings is 3. The van der Waals surface area contributed by atoms with Gasteiger partial charge in [0.1, 0.15) is 16.4 Å². The lowest BCUT2D eigenvalue weighted by Gasteiger charge is -2.10. The van der Waals surface area contributed by atoms with Crippen LogP contribution in [0.4, 0.5) is 5.69 Å². The third kappa shape index (κ3) is 5.17. The summed E-state index contributed by atoms with van der Waals surface area (Å²) >= 11 is 0. The normalized spacial score (nSPS) is 13.5. The van der Waals surface area contributed by atoms with Crippen LogP contribution in [0.15, 0.2) is 82.6 Å². The van der Waals surface area contributed by atoms with Crippen molar-refractivity contribution in [3.63, 3.8) is 0 Å². The molecule has 0 aromatic heterocycles. The Morgan fingerprint density at radius 1 is 0.971 bits per heavy atom. The Kier molecular flexibility index (Phi) is 6.86. The van der Waals surface area contributed by atoms with Crippen molar-refractivity contribution in [2.75, 3.05) is 20.3 Å². The van der Waals surface area contributed by atoms with Crippen LogP contribution in [0.2, 0.25) is 0 Å². The van der Waals surface area contributed by atoms with E-state index in [1.807, 2.05) is 35.1 Å². The summed E-state index contributed by atoms with van der Waals surface area (Å²) < 4.78 is 58.7. The lowest BCUT2D eigenvalue weighted by molar-refractivity contribution is -0.441. The van der Waals surface area contributed by atoms with Crippen LogP contribution in [0.3, 0.4) is 0 Å². The lowest BCUT2D eigenvalue weighted by atomic mass is 10.0. The van der Waals surface area contributed by atoms with Gasteiger partial charge < -0.3 is 4.74 Å². The number of hydrogen-bond donors (Lipinski definition) is 2. The van der Waals surface area contributed by atoms with E-state index in [4.69, 9.17) is 9.88 Å². The molecule has 4 rings (SSSR count). The maximum absolute atomic E-state index is 12.9. The first kappa shape index (κ1) is 24.7. The van der Waals surface area contributed by atoms with E-state index >= 15 is 0 Å². The molecule has 182 valence electrons. The topological polar surface area (TPSA) is 136 Å². The Labute approximate surface area is 204 Å². The van der Waals surface area contributed by atoms with Crippen LogP contribution in [-0.2, 0) is 31.2 Å². The highest BCUT2D eigenvalue weighted by Crippen LogP contribution is 2.30. The summed E-state index contributed by atoms with van der Waals surface area (Å²) in [6.45, 7) is 1.11. The molecule has 0 spiro atoms. The number of sulfonamides is 2. The van der Waals surface area contributed by atoms with Gasteiger partial charge in [-0.1, -0.05) is 30.3 Å². The number of methoxy groups -OCH3 is 1. The summed E-state index contributed by atoms with van der Waals surface area (Å²) in [5.74, 6) is -0.881. The summed E-state index contributed by atoms with van der Waals surface area (Å²) in [4.78, 5) is 11.7. The molecule has 0 aliphatic carbocycles. The molecular formula is C24H24N3O6S2+. The number of nitrogens with zero attached hydrogens (tertiary/aromatic N) is 1. The lowest BCUT2D eigenvalue weighted by Crippen LogP contribution is -2.32. The smallest absolute Gasteiger partial charge is 0.265 e. The van der Waals surface area contributed by atoms with Gasteiger partial charge in [0.2, 0.25) is 15.7 Å². The molecule has 35 heavy (non-hydrogen) atoms. The summed E-state index contributed by atoms with van der Waals surface area (Å²) in [5, 5.41) is 5.15. The van der Waals surface area contributed by atoms with Crippen molar-refractivity contribution < 1.29 is 30.9 Å². The van der Waals surface area contributed by atoms with Gasteiger partial charge in [-0.15, -0.1) is 0 Å². The van der Waals surface area contributed by atoms with Crippen LogP contribution in [-0.4, -0.2) is 53.3 Å². The molecular weight excluding hydrogens is 490 g/mol. The van der Waals surface area contributed by atoms with Crippen LogP contribution in [0, 0.1) is 0 Å². The quantitative estimate of drug-likeness (QED) is 0.440. The second kappa shape index (κ2) is 9.70. The number of carbonyl (C=O) groups is 1. The molecule has 0 saturated heterocycles. The Morgan fingerprint density at radius 3 is 2.29 bits per heavy atom. The number of ether oxygens (including phenoxy) is 1. The van der Waals surface area contributed by atoms with Gasteiger partial charge in [0.25, 0.3) is 15.9 Å². The number of carbonyl (C=O) groups excluding carboxylic acids is 1. The Bertz CT molecular complexity index is 1530. The second-order valence-electron chi connectivity index (χ2n) is 7.90. The van der Waals surface area contributed by atoms with E-state index in [-0.39, 0.29) is 5.56 Å². The molecule has 3 N–H and O–H groups in total. The number of amides is 1. The van der Waals surface area contributed by atoms with Crippen molar-refractivity contribution in [2.24, 2.45) is 5.14 Å². The number of fused-ring (bicyclic) bond motifs is 1. The molecule has 0 saturated carbocycles. The van der Waals surface area contributed by atoms with E-state index < -0.39 is 35.7 Å². The van der Waals surface area contributed by atoms with E-state index in [2.05, 4.69) is 4.58 Å². The standard InChI is InChI=1S/C24H23N3O6S2/c1-33-14-13-27-20-12-11-18(15-19(20)16-21(27)17-7-3-2-4-8-17)24(28)26-35(31,32)23-10-6-5-9-22(23)34(25,29)30/h2-12,15H,13-14,16H2,1H3,(H2-,25,26,28,29,30)/p+1. The molecule has 0 bridgehead atoms. The molecule has 11 heteroatoms. The predicted octanol–water partition coefficient (Wildman–Crippen LogP) is 1.79. The number of hydrogen-bond acceptors (Lipinski definition) is 6. The zero-order chi connectivity index (χ0) is 25.2. The largest absolute Gasteiger partial charge is 0.378 e. The fourth-order valence-corrected chi connectivity index (χ4v) is 6.38. The Morgan fingerprint density at radius 2 is 1.63 bits per heavy atom. The van der Waals surface area contributed by atoms with Crippen LogP contribution in [0.5, 0.6) is 0 Å². The van der Waals surface area contributed by atoms with Gasteiger partial charge in [-0.05, 0) is 36.4 Å². The van der Waals surface area contributed by atoms with E-state index in [1.165, 1.54) is 18.2 Å². The Hall–Kier alpha value is -3.38. The van der Waals surface area contributed by atoms with Crippen molar-refractivity contribution in [3.05, 3.63) is 89.5 Å². The number of primary sulfonamides is 1.